The summed E-state index contributed by atoms with van der Waals surface area (Å²) in [5.41, 5.74) is 0. The smallest absolute Gasteiger partial charge is 0.201 e. The zero-order valence-corrected chi connectivity index (χ0v) is 24.0. The molecular formula is C33H65O. The number of hydrogen-bond acceptors (Lipinski definition) is 1. The topological polar surface area (TPSA) is 17.1 Å². The van der Waals surface area contributed by atoms with Crippen LogP contribution in [0.4, 0.5) is 0 Å². The van der Waals surface area contributed by atoms with Crippen molar-refractivity contribution < 1.29 is 4.79 Å². The van der Waals surface area contributed by atoms with Crippen LogP contribution in [-0.4, -0.2) is 6.29 Å². The highest BCUT2D eigenvalue weighted by atomic mass is 16.1. The molecule has 0 aromatic heterocycles. The SMILES string of the molecule is CCCCCCCCCCCCCCCCCC([C]=O)CCCCCCCCCCCCCC. The molecule has 1 radical (unpaired) electrons. The van der Waals surface area contributed by atoms with Crippen LogP contribution in [0.1, 0.15) is 200 Å². The molecule has 0 rings (SSSR count). The van der Waals surface area contributed by atoms with E-state index in [-0.39, 0.29) is 5.92 Å². The zero-order chi connectivity index (χ0) is 24.8. The van der Waals surface area contributed by atoms with E-state index in [4.69, 9.17) is 0 Å². The third-order valence-electron chi connectivity index (χ3n) is 7.73. The molecule has 0 fully saturated rings. The Kier molecular flexibility index (Phi) is 30.4. The minimum atomic E-state index is 0.213. The summed E-state index contributed by atoms with van der Waals surface area (Å²) in [6.07, 6.45) is 42.2. The van der Waals surface area contributed by atoms with Crippen molar-refractivity contribution >= 4 is 6.29 Å². The molecule has 0 aromatic rings. The van der Waals surface area contributed by atoms with Gasteiger partial charge in [0, 0.05) is 5.92 Å². The lowest BCUT2D eigenvalue weighted by Gasteiger charge is -2.09. The van der Waals surface area contributed by atoms with Crippen molar-refractivity contribution in [3.05, 3.63) is 0 Å². The van der Waals surface area contributed by atoms with E-state index in [9.17, 15) is 4.79 Å². The number of unbranched alkanes of at least 4 members (excludes halogenated alkanes) is 25. The number of rotatable bonds is 30. The maximum absolute atomic E-state index is 11.3. The van der Waals surface area contributed by atoms with Gasteiger partial charge in [-0.2, -0.15) is 0 Å². The Morgan fingerprint density at radius 2 is 0.559 bits per heavy atom. The summed E-state index contributed by atoms with van der Waals surface area (Å²) in [5, 5.41) is 0. The molecule has 0 spiro atoms. The summed E-state index contributed by atoms with van der Waals surface area (Å²) in [6.45, 7) is 4.58. The molecule has 0 aromatic carbocycles. The lowest BCUT2D eigenvalue weighted by molar-refractivity contribution is 0.448. The predicted octanol–water partition coefficient (Wildman–Crippen LogP) is 12.1. The number of carbonyl (C=O) groups excluding carboxylic acids is 1. The van der Waals surface area contributed by atoms with E-state index in [2.05, 4.69) is 20.1 Å². The summed E-state index contributed by atoms with van der Waals surface area (Å²) >= 11 is 0. The van der Waals surface area contributed by atoms with E-state index in [1.807, 2.05) is 0 Å². The fourth-order valence-electron chi connectivity index (χ4n) is 5.26. The molecule has 203 valence electrons. The normalized spacial score (nSPS) is 12.3. The quantitative estimate of drug-likeness (QED) is 0.0940. The lowest BCUT2D eigenvalue weighted by Crippen LogP contribution is -2.02. The van der Waals surface area contributed by atoms with Crippen LogP contribution in [0.2, 0.25) is 0 Å². The first-order chi connectivity index (χ1) is 16.8. The highest BCUT2D eigenvalue weighted by Crippen LogP contribution is 2.19. The Morgan fingerprint density at radius 3 is 0.765 bits per heavy atom. The van der Waals surface area contributed by atoms with Gasteiger partial charge in [0.1, 0.15) is 0 Å². The van der Waals surface area contributed by atoms with Gasteiger partial charge in [-0.1, -0.05) is 187 Å². The molecule has 34 heavy (non-hydrogen) atoms. The fraction of sp³-hybridized carbons (Fsp3) is 0.970. The molecule has 0 amide bonds. The summed E-state index contributed by atoms with van der Waals surface area (Å²) in [5.74, 6) is 0.213. The van der Waals surface area contributed by atoms with E-state index in [1.54, 1.807) is 0 Å². The Balaban J connectivity index is 3.26. The van der Waals surface area contributed by atoms with Crippen LogP contribution in [0.3, 0.4) is 0 Å². The molecule has 1 nitrogen and oxygen atoms in total. The molecule has 0 aliphatic rings. The van der Waals surface area contributed by atoms with Crippen LogP contribution in [0.15, 0.2) is 0 Å². The van der Waals surface area contributed by atoms with Gasteiger partial charge in [-0.25, -0.2) is 0 Å². The van der Waals surface area contributed by atoms with Crippen molar-refractivity contribution in [2.24, 2.45) is 5.92 Å². The summed E-state index contributed by atoms with van der Waals surface area (Å²) < 4.78 is 0. The van der Waals surface area contributed by atoms with Crippen molar-refractivity contribution in [3.63, 3.8) is 0 Å². The first-order valence-corrected chi connectivity index (χ1v) is 16.2. The van der Waals surface area contributed by atoms with Crippen molar-refractivity contribution in [1.82, 2.24) is 0 Å². The van der Waals surface area contributed by atoms with E-state index in [0.29, 0.717) is 0 Å². The van der Waals surface area contributed by atoms with E-state index >= 15 is 0 Å². The summed E-state index contributed by atoms with van der Waals surface area (Å²) in [7, 11) is 0. The van der Waals surface area contributed by atoms with Gasteiger partial charge in [-0.3, -0.25) is 4.79 Å². The van der Waals surface area contributed by atoms with E-state index in [1.165, 1.54) is 173 Å². The molecule has 0 bridgehead atoms. The standard InChI is InChI=1S/C33H65O/c1-3-5-7-9-11-13-15-17-18-19-21-23-25-27-29-31-33(32-34)30-28-26-24-22-20-16-14-12-10-8-6-4-2/h33H,3-31H2,1-2H3. The lowest BCUT2D eigenvalue weighted by atomic mass is 9.95. The van der Waals surface area contributed by atoms with Crippen molar-refractivity contribution in [3.8, 4) is 0 Å². The van der Waals surface area contributed by atoms with Crippen LogP contribution >= 0.6 is 0 Å². The van der Waals surface area contributed by atoms with Crippen LogP contribution in [0.5, 0.6) is 0 Å². The Bertz CT molecular complexity index is 364. The Morgan fingerprint density at radius 1 is 0.353 bits per heavy atom. The van der Waals surface area contributed by atoms with Gasteiger partial charge >= 0.3 is 0 Å². The Labute approximate surface area is 217 Å². The number of hydrogen-bond donors (Lipinski definition) is 0. The molecule has 0 aliphatic heterocycles. The fourth-order valence-corrected chi connectivity index (χ4v) is 5.26. The van der Waals surface area contributed by atoms with Crippen LogP contribution in [0.25, 0.3) is 0 Å². The summed E-state index contributed by atoms with van der Waals surface area (Å²) in [6, 6.07) is 0. The first-order valence-electron chi connectivity index (χ1n) is 16.2. The van der Waals surface area contributed by atoms with Crippen molar-refractivity contribution in [1.29, 1.82) is 0 Å². The second-order valence-corrected chi connectivity index (χ2v) is 11.2. The monoisotopic (exact) mass is 478 g/mol. The molecule has 1 heteroatoms. The van der Waals surface area contributed by atoms with Gasteiger partial charge < -0.3 is 0 Å². The van der Waals surface area contributed by atoms with Gasteiger partial charge in [0.05, 0.1) is 0 Å². The second-order valence-electron chi connectivity index (χ2n) is 11.2. The molecular weight excluding hydrogens is 412 g/mol. The van der Waals surface area contributed by atoms with Gasteiger partial charge in [0.15, 0.2) is 0 Å². The molecule has 0 heterocycles. The zero-order valence-electron chi connectivity index (χ0n) is 24.0. The molecule has 0 saturated carbocycles. The summed E-state index contributed by atoms with van der Waals surface area (Å²) in [4.78, 5) is 11.3. The maximum atomic E-state index is 11.3. The highest BCUT2D eigenvalue weighted by Gasteiger charge is 2.08. The van der Waals surface area contributed by atoms with Gasteiger partial charge in [0.2, 0.25) is 6.29 Å². The predicted molar refractivity (Wildman–Crippen MR) is 154 cm³/mol. The second kappa shape index (κ2) is 30.7. The van der Waals surface area contributed by atoms with Gasteiger partial charge in [0.25, 0.3) is 0 Å². The average molecular weight is 478 g/mol. The first kappa shape index (κ1) is 33.7. The van der Waals surface area contributed by atoms with Gasteiger partial charge in [-0.15, -0.1) is 0 Å². The van der Waals surface area contributed by atoms with Crippen molar-refractivity contribution in [2.75, 3.05) is 0 Å². The average Bonchev–Trinajstić information content (AvgIpc) is 2.85. The van der Waals surface area contributed by atoms with Gasteiger partial charge in [-0.05, 0) is 12.8 Å². The van der Waals surface area contributed by atoms with E-state index < -0.39 is 0 Å². The minimum Gasteiger partial charge on any atom is -0.291 e. The highest BCUT2D eigenvalue weighted by molar-refractivity contribution is 5.54. The third kappa shape index (κ3) is 27.9. The van der Waals surface area contributed by atoms with E-state index in [0.717, 1.165) is 12.8 Å². The molecule has 1 unspecified atom stereocenters. The third-order valence-corrected chi connectivity index (χ3v) is 7.73. The minimum absolute atomic E-state index is 0.213. The maximum Gasteiger partial charge on any atom is 0.201 e. The molecule has 0 saturated heterocycles. The van der Waals surface area contributed by atoms with Crippen LogP contribution < -0.4 is 0 Å². The molecule has 1 atom stereocenters. The van der Waals surface area contributed by atoms with Crippen LogP contribution in [-0.2, 0) is 4.79 Å². The molecule has 0 aliphatic carbocycles. The van der Waals surface area contributed by atoms with Crippen LogP contribution in [0, 0.1) is 5.92 Å². The van der Waals surface area contributed by atoms with Crippen molar-refractivity contribution in [2.45, 2.75) is 200 Å². The Hall–Kier alpha value is -0.330. The molecule has 0 N–H and O–H groups in total. The largest absolute Gasteiger partial charge is 0.291 e.